The average Bonchev–Trinajstić information content (AvgIpc) is 2.37. The number of nitrogen functional groups attached to an aromatic ring is 1. The van der Waals surface area contributed by atoms with Crippen LogP contribution in [0.2, 0.25) is 0 Å². The van der Waals surface area contributed by atoms with Crippen LogP contribution in [0.5, 0.6) is 5.88 Å². The first-order chi connectivity index (χ1) is 8.28. The van der Waals surface area contributed by atoms with Gasteiger partial charge < -0.3 is 15.8 Å². The minimum Gasteiger partial charge on any atom is -0.481 e. The summed E-state index contributed by atoms with van der Waals surface area (Å²) in [7, 11) is 1.57. The lowest BCUT2D eigenvalue weighted by atomic mass is 10.2. The Labute approximate surface area is 99.7 Å². The largest absolute Gasteiger partial charge is 0.481 e. The third kappa shape index (κ3) is 3.07. The van der Waals surface area contributed by atoms with Gasteiger partial charge in [0, 0.05) is 18.3 Å². The molecule has 1 aromatic carbocycles. The van der Waals surface area contributed by atoms with Gasteiger partial charge in [0.05, 0.1) is 7.11 Å². The monoisotopic (exact) mass is 230 g/mol. The highest BCUT2D eigenvalue weighted by Crippen LogP contribution is 2.12. The number of hydrogen-bond donors (Lipinski definition) is 2. The van der Waals surface area contributed by atoms with Crippen LogP contribution >= 0.6 is 0 Å². The highest BCUT2D eigenvalue weighted by atomic mass is 16.5. The van der Waals surface area contributed by atoms with Gasteiger partial charge >= 0.3 is 0 Å². The molecular weight excluding hydrogens is 216 g/mol. The summed E-state index contributed by atoms with van der Waals surface area (Å²) < 4.78 is 5.01. The normalized spacial score (nSPS) is 9.94. The number of hydrogen-bond acceptors (Lipinski definition) is 5. The van der Waals surface area contributed by atoms with E-state index in [0.29, 0.717) is 12.4 Å². The van der Waals surface area contributed by atoms with Crippen molar-refractivity contribution in [1.29, 1.82) is 0 Å². The molecule has 0 amide bonds. The van der Waals surface area contributed by atoms with Crippen molar-refractivity contribution in [3.8, 4) is 5.88 Å². The van der Waals surface area contributed by atoms with Crippen LogP contribution in [0.3, 0.4) is 0 Å². The van der Waals surface area contributed by atoms with E-state index in [4.69, 9.17) is 10.5 Å². The molecule has 1 aromatic heterocycles. The number of ether oxygens (including phenoxy) is 1. The fraction of sp³-hybridized carbons (Fsp3) is 0.167. The lowest BCUT2D eigenvalue weighted by Crippen LogP contribution is -2.02. The van der Waals surface area contributed by atoms with Crippen LogP contribution in [0.25, 0.3) is 0 Å². The minimum atomic E-state index is 0.537. The van der Waals surface area contributed by atoms with Crippen molar-refractivity contribution in [2.45, 2.75) is 6.54 Å². The van der Waals surface area contributed by atoms with Crippen LogP contribution in [-0.4, -0.2) is 17.1 Å². The zero-order valence-electron chi connectivity index (χ0n) is 9.55. The molecule has 5 nitrogen and oxygen atoms in total. The summed E-state index contributed by atoms with van der Waals surface area (Å²) in [5.41, 5.74) is 7.55. The fourth-order valence-corrected chi connectivity index (χ4v) is 1.44. The summed E-state index contributed by atoms with van der Waals surface area (Å²) >= 11 is 0. The highest BCUT2D eigenvalue weighted by Gasteiger charge is 1.98. The molecule has 88 valence electrons. The highest BCUT2D eigenvalue weighted by molar-refractivity contribution is 5.43. The van der Waals surface area contributed by atoms with Gasteiger partial charge in [-0.1, -0.05) is 12.1 Å². The van der Waals surface area contributed by atoms with Crippen LogP contribution in [-0.2, 0) is 6.54 Å². The first-order valence-electron chi connectivity index (χ1n) is 5.22. The summed E-state index contributed by atoms with van der Waals surface area (Å²) in [6, 6.07) is 9.45. The molecule has 0 radical (unpaired) electrons. The van der Waals surface area contributed by atoms with Crippen LogP contribution in [0.1, 0.15) is 5.56 Å². The molecule has 0 atom stereocenters. The molecule has 2 rings (SSSR count). The SMILES string of the molecule is COc1cc(NCc2cccc(N)c2)ncn1. The second-order valence-corrected chi connectivity index (χ2v) is 3.54. The van der Waals surface area contributed by atoms with E-state index in [1.54, 1.807) is 13.2 Å². The first-order valence-corrected chi connectivity index (χ1v) is 5.22. The summed E-state index contributed by atoms with van der Waals surface area (Å²) in [5.74, 6) is 1.26. The Bertz CT molecular complexity index is 501. The van der Waals surface area contributed by atoms with E-state index in [0.717, 1.165) is 17.1 Å². The molecule has 0 aliphatic carbocycles. The number of nitrogens with zero attached hydrogens (tertiary/aromatic N) is 2. The second kappa shape index (κ2) is 5.16. The lowest BCUT2D eigenvalue weighted by molar-refractivity contribution is 0.397. The molecule has 2 aromatic rings. The minimum absolute atomic E-state index is 0.537. The number of benzene rings is 1. The van der Waals surface area contributed by atoms with E-state index in [9.17, 15) is 0 Å². The number of nitrogens with one attached hydrogen (secondary N) is 1. The quantitative estimate of drug-likeness (QED) is 0.782. The number of nitrogens with two attached hydrogens (primary N) is 1. The van der Waals surface area contributed by atoms with Gasteiger partial charge in [0.25, 0.3) is 0 Å². The zero-order valence-corrected chi connectivity index (χ0v) is 9.55. The maximum absolute atomic E-state index is 5.70. The van der Waals surface area contributed by atoms with E-state index in [1.165, 1.54) is 6.33 Å². The van der Waals surface area contributed by atoms with Gasteiger partial charge in [-0.15, -0.1) is 0 Å². The lowest BCUT2D eigenvalue weighted by Gasteiger charge is -2.06. The predicted molar refractivity (Wildman–Crippen MR) is 66.8 cm³/mol. The molecule has 0 spiro atoms. The van der Waals surface area contributed by atoms with Crippen molar-refractivity contribution >= 4 is 11.5 Å². The smallest absolute Gasteiger partial charge is 0.218 e. The van der Waals surface area contributed by atoms with Crippen molar-refractivity contribution in [1.82, 2.24) is 9.97 Å². The molecular formula is C12H14N4O. The van der Waals surface area contributed by atoms with E-state index >= 15 is 0 Å². The van der Waals surface area contributed by atoms with Crippen molar-refractivity contribution in [2.24, 2.45) is 0 Å². The van der Waals surface area contributed by atoms with Gasteiger partial charge in [-0.25, -0.2) is 9.97 Å². The van der Waals surface area contributed by atoms with Crippen LogP contribution < -0.4 is 15.8 Å². The van der Waals surface area contributed by atoms with Gasteiger partial charge in [0.15, 0.2) is 0 Å². The first kappa shape index (κ1) is 11.2. The van der Waals surface area contributed by atoms with Gasteiger partial charge in [0.2, 0.25) is 5.88 Å². The number of aromatic nitrogens is 2. The van der Waals surface area contributed by atoms with Gasteiger partial charge in [-0.3, -0.25) is 0 Å². The maximum atomic E-state index is 5.70. The van der Waals surface area contributed by atoms with E-state index in [2.05, 4.69) is 15.3 Å². The number of anilines is 2. The molecule has 0 saturated heterocycles. The van der Waals surface area contributed by atoms with Crippen molar-refractivity contribution in [3.05, 3.63) is 42.2 Å². The van der Waals surface area contributed by atoms with Gasteiger partial charge in [-0.2, -0.15) is 0 Å². The van der Waals surface area contributed by atoms with Gasteiger partial charge in [0.1, 0.15) is 12.1 Å². The molecule has 0 aliphatic rings. The fourth-order valence-electron chi connectivity index (χ4n) is 1.44. The Morgan fingerprint density at radius 1 is 1.29 bits per heavy atom. The maximum Gasteiger partial charge on any atom is 0.218 e. The molecule has 17 heavy (non-hydrogen) atoms. The Morgan fingerprint density at radius 2 is 2.18 bits per heavy atom. The number of rotatable bonds is 4. The molecule has 0 saturated carbocycles. The molecule has 0 fully saturated rings. The predicted octanol–water partition coefficient (Wildman–Crippen LogP) is 1.68. The van der Waals surface area contributed by atoms with E-state index in [-0.39, 0.29) is 0 Å². The molecule has 0 bridgehead atoms. The molecule has 1 heterocycles. The summed E-state index contributed by atoms with van der Waals surface area (Å²) in [6.07, 6.45) is 1.46. The van der Waals surface area contributed by atoms with Crippen molar-refractivity contribution in [2.75, 3.05) is 18.2 Å². The Morgan fingerprint density at radius 3 is 2.94 bits per heavy atom. The molecule has 3 N–H and O–H groups in total. The van der Waals surface area contributed by atoms with E-state index in [1.807, 2.05) is 24.3 Å². The average molecular weight is 230 g/mol. The molecule has 5 heteroatoms. The summed E-state index contributed by atoms with van der Waals surface area (Å²) in [4.78, 5) is 8.03. The summed E-state index contributed by atoms with van der Waals surface area (Å²) in [6.45, 7) is 0.658. The van der Waals surface area contributed by atoms with Crippen LogP contribution in [0.15, 0.2) is 36.7 Å². The molecule has 0 aliphatic heterocycles. The number of methoxy groups -OCH3 is 1. The Kier molecular flexibility index (Phi) is 3.40. The Hall–Kier alpha value is -2.30. The third-order valence-corrected chi connectivity index (χ3v) is 2.28. The molecule has 0 unspecified atom stereocenters. The topological polar surface area (TPSA) is 73.1 Å². The van der Waals surface area contributed by atoms with E-state index < -0.39 is 0 Å². The second-order valence-electron chi connectivity index (χ2n) is 3.54. The zero-order chi connectivity index (χ0) is 12.1. The van der Waals surface area contributed by atoms with Crippen molar-refractivity contribution in [3.63, 3.8) is 0 Å². The standard InChI is InChI=1S/C12H14N4O/c1-17-12-6-11(15-8-16-12)14-7-9-3-2-4-10(13)5-9/h2-6,8H,7,13H2,1H3,(H,14,15,16). The summed E-state index contributed by atoms with van der Waals surface area (Å²) in [5, 5.41) is 3.18. The third-order valence-electron chi connectivity index (χ3n) is 2.28. The van der Waals surface area contributed by atoms with Gasteiger partial charge in [-0.05, 0) is 17.7 Å². The Balaban J connectivity index is 2.02. The van der Waals surface area contributed by atoms with Crippen LogP contribution in [0.4, 0.5) is 11.5 Å². The van der Waals surface area contributed by atoms with Crippen molar-refractivity contribution < 1.29 is 4.74 Å². The van der Waals surface area contributed by atoms with Crippen LogP contribution in [0, 0.1) is 0 Å².